The van der Waals surface area contributed by atoms with Gasteiger partial charge in [0.15, 0.2) is 0 Å². The van der Waals surface area contributed by atoms with Gasteiger partial charge in [0.2, 0.25) is 5.95 Å². The van der Waals surface area contributed by atoms with Crippen LogP contribution < -0.4 is 16.4 Å². The molecule has 7 nitrogen and oxygen atoms in total. The van der Waals surface area contributed by atoms with Crippen LogP contribution in [0.1, 0.15) is 41.9 Å². The molecule has 4 rings (SSSR count). The Morgan fingerprint density at radius 2 is 1.76 bits per heavy atom. The molecule has 5 N–H and O–H groups in total. The van der Waals surface area contributed by atoms with E-state index in [1.807, 2.05) is 36.4 Å². The molecule has 3 aromatic rings. The molecule has 1 aliphatic heterocycles. The number of carboxylic acid groups (broad SMARTS) is 1. The highest BCUT2D eigenvalue weighted by molar-refractivity contribution is 5.73. The van der Waals surface area contributed by atoms with Crippen LogP contribution in [0.25, 0.3) is 11.3 Å². The summed E-state index contributed by atoms with van der Waals surface area (Å²) in [6, 6.07) is 15.0. The van der Waals surface area contributed by atoms with Crippen molar-refractivity contribution in [3.63, 3.8) is 0 Å². The van der Waals surface area contributed by atoms with Crippen LogP contribution in [0, 0.1) is 0 Å². The van der Waals surface area contributed by atoms with Crippen molar-refractivity contribution in [2.75, 3.05) is 23.7 Å². The monoisotopic (exact) mass is 467 g/mol. The van der Waals surface area contributed by atoms with Crippen molar-refractivity contribution in [3.05, 3.63) is 71.3 Å². The Labute approximate surface area is 196 Å². The van der Waals surface area contributed by atoms with Gasteiger partial charge in [0, 0.05) is 30.3 Å². The van der Waals surface area contributed by atoms with E-state index in [1.165, 1.54) is 6.07 Å². The van der Waals surface area contributed by atoms with Gasteiger partial charge in [0.1, 0.15) is 11.9 Å². The minimum absolute atomic E-state index is 0.0739. The van der Waals surface area contributed by atoms with Crippen molar-refractivity contribution < 1.29 is 18.7 Å². The van der Waals surface area contributed by atoms with E-state index < -0.39 is 18.4 Å². The number of carboxylic acids is 1. The molecule has 1 unspecified atom stereocenters. The normalized spacial score (nSPS) is 15.5. The van der Waals surface area contributed by atoms with E-state index in [4.69, 9.17) is 16.6 Å². The second-order valence-corrected chi connectivity index (χ2v) is 8.51. The highest BCUT2D eigenvalue weighted by Gasteiger charge is 2.26. The SMILES string of the molecule is Nc1nc(-c2ccc(CC(N)C(=O)O)cc2)cc(N2CCC(c3ccccc3C(F)F)CC2)n1. The maximum atomic E-state index is 13.4. The first-order valence-corrected chi connectivity index (χ1v) is 11.2. The van der Waals surface area contributed by atoms with E-state index in [0.717, 1.165) is 29.5 Å². The van der Waals surface area contributed by atoms with Gasteiger partial charge in [-0.25, -0.2) is 13.8 Å². The Morgan fingerprint density at radius 1 is 1.09 bits per heavy atom. The van der Waals surface area contributed by atoms with Crippen LogP contribution >= 0.6 is 0 Å². The van der Waals surface area contributed by atoms with Gasteiger partial charge in [0.25, 0.3) is 6.43 Å². The number of hydrogen-bond acceptors (Lipinski definition) is 6. The predicted octanol–water partition coefficient (Wildman–Crippen LogP) is 4.00. The lowest BCUT2D eigenvalue weighted by Crippen LogP contribution is -2.34. The first kappa shape index (κ1) is 23.6. The highest BCUT2D eigenvalue weighted by Crippen LogP contribution is 2.36. The first-order valence-electron chi connectivity index (χ1n) is 11.2. The summed E-state index contributed by atoms with van der Waals surface area (Å²) in [6.45, 7) is 1.34. The molecule has 9 heteroatoms. The van der Waals surface area contributed by atoms with Crippen LogP contribution in [0.2, 0.25) is 0 Å². The third-order valence-electron chi connectivity index (χ3n) is 6.24. The largest absolute Gasteiger partial charge is 0.480 e. The Hall–Kier alpha value is -3.59. The maximum Gasteiger partial charge on any atom is 0.320 e. The van der Waals surface area contributed by atoms with Crippen LogP contribution in [-0.4, -0.2) is 40.2 Å². The molecule has 1 atom stereocenters. The molecule has 0 aliphatic carbocycles. The van der Waals surface area contributed by atoms with Crippen molar-refractivity contribution in [1.29, 1.82) is 0 Å². The molecule has 1 fully saturated rings. The summed E-state index contributed by atoms with van der Waals surface area (Å²) in [5, 5.41) is 8.99. The lowest BCUT2D eigenvalue weighted by atomic mass is 9.86. The van der Waals surface area contributed by atoms with Gasteiger partial charge in [-0.1, -0.05) is 48.5 Å². The molecule has 1 saturated heterocycles. The number of halogens is 2. The van der Waals surface area contributed by atoms with Crippen molar-refractivity contribution in [1.82, 2.24) is 9.97 Å². The molecule has 0 saturated carbocycles. The number of carbonyl (C=O) groups is 1. The smallest absolute Gasteiger partial charge is 0.320 e. The van der Waals surface area contributed by atoms with Gasteiger partial charge in [-0.2, -0.15) is 4.98 Å². The van der Waals surface area contributed by atoms with Gasteiger partial charge < -0.3 is 21.5 Å². The molecule has 0 radical (unpaired) electrons. The third-order valence-corrected chi connectivity index (χ3v) is 6.24. The van der Waals surface area contributed by atoms with Crippen molar-refractivity contribution in [2.24, 2.45) is 5.73 Å². The number of piperidine rings is 1. The predicted molar refractivity (Wildman–Crippen MR) is 127 cm³/mol. The minimum atomic E-state index is -2.48. The van der Waals surface area contributed by atoms with Gasteiger partial charge in [-0.3, -0.25) is 4.79 Å². The lowest BCUT2D eigenvalue weighted by Gasteiger charge is -2.34. The molecule has 1 aromatic heterocycles. The van der Waals surface area contributed by atoms with Crippen molar-refractivity contribution in [3.8, 4) is 11.3 Å². The van der Waals surface area contributed by atoms with E-state index in [9.17, 15) is 13.6 Å². The van der Waals surface area contributed by atoms with Crippen LogP contribution in [0.4, 0.5) is 20.5 Å². The zero-order chi connectivity index (χ0) is 24.2. The fourth-order valence-corrected chi connectivity index (χ4v) is 4.42. The number of nitrogen functional groups attached to an aromatic ring is 1. The van der Waals surface area contributed by atoms with Crippen LogP contribution in [-0.2, 0) is 11.2 Å². The van der Waals surface area contributed by atoms with Gasteiger partial charge in [0.05, 0.1) is 5.69 Å². The fraction of sp³-hybridized carbons (Fsp3) is 0.320. The molecule has 0 amide bonds. The van der Waals surface area contributed by atoms with Crippen LogP contribution in [0.5, 0.6) is 0 Å². The number of aliphatic carboxylic acids is 1. The average molecular weight is 468 g/mol. The number of rotatable bonds is 7. The quantitative estimate of drug-likeness (QED) is 0.481. The zero-order valence-electron chi connectivity index (χ0n) is 18.6. The molecular weight excluding hydrogens is 440 g/mol. The number of anilines is 2. The Balaban J connectivity index is 1.48. The summed E-state index contributed by atoms with van der Waals surface area (Å²) >= 11 is 0. The second kappa shape index (κ2) is 10.1. The standard InChI is InChI=1S/C25H27F2N5O2/c26-23(27)19-4-2-1-3-18(19)16-9-11-32(12-10-16)22-14-21(30-25(29)31-22)17-7-5-15(6-8-17)13-20(28)24(33)34/h1-8,14,16,20,23H,9-13,28H2,(H,33,34)(H2,29,30,31). The van der Waals surface area contributed by atoms with E-state index in [1.54, 1.807) is 12.1 Å². The van der Waals surface area contributed by atoms with Crippen molar-refractivity contribution in [2.45, 2.75) is 37.6 Å². The van der Waals surface area contributed by atoms with E-state index in [2.05, 4.69) is 14.9 Å². The van der Waals surface area contributed by atoms with Gasteiger partial charge in [-0.15, -0.1) is 0 Å². The van der Waals surface area contributed by atoms with Crippen LogP contribution in [0.15, 0.2) is 54.6 Å². The van der Waals surface area contributed by atoms with Gasteiger partial charge >= 0.3 is 5.97 Å². The Kier molecular flexibility index (Phi) is 7.02. The Bertz CT molecular complexity index is 1150. The number of benzene rings is 2. The summed E-state index contributed by atoms with van der Waals surface area (Å²) in [5.74, 6) is -0.127. The van der Waals surface area contributed by atoms with Gasteiger partial charge in [-0.05, 0) is 36.3 Å². The second-order valence-electron chi connectivity index (χ2n) is 8.51. The molecular formula is C25H27F2N5O2. The molecule has 0 bridgehead atoms. The molecule has 2 heterocycles. The first-order chi connectivity index (χ1) is 16.3. The number of alkyl halides is 2. The maximum absolute atomic E-state index is 13.4. The summed E-state index contributed by atoms with van der Waals surface area (Å²) in [4.78, 5) is 21.8. The summed E-state index contributed by atoms with van der Waals surface area (Å²) < 4.78 is 26.8. The number of nitrogens with two attached hydrogens (primary N) is 2. The van der Waals surface area contributed by atoms with E-state index in [-0.39, 0.29) is 23.9 Å². The molecule has 0 spiro atoms. The number of aromatic nitrogens is 2. The average Bonchev–Trinajstić information content (AvgIpc) is 2.84. The zero-order valence-corrected chi connectivity index (χ0v) is 18.6. The highest BCUT2D eigenvalue weighted by atomic mass is 19.3. The number of hydrogen-bond donors (Lipinski definition) is 3. The summed E-state index contributed by atoms with van der Waals surface area (Å²) in [5.41, 5.74) is 14.7. The Morgan fingerprint density at radius 3 is 2.41 bits per heavy atom. The minimum Gasteiger partial charge on any atom is -0.480 e. The van der Waals surface area contributed by atoms with E-state index >= 15 is 0 Å². The molecule has 1 aliphatic rings. The van der Waals surface area contributed by atoms with Crippen LogP contribution in [0.3, 0.4) is 0 Å². The third kappa shape index (κ3) is 5.31. The topological polar surface area (TPSA) is 118 Å². The summed E-state index contributed by atoms with van der Waals surface area (Å²) in [7, 11) is 0. The van der Waals surface area contributed by atoms with E-state index in [0.29, 0.717) is 24.6 Å². The number of nitrogens with zero attached hydrogens (tertiary/aromatic N) is 3. The molecule has 178 valence electrons. The molecule has 34 heavy (non-hydrogen) atoms. The summed E-state index contributed by atoms with van der Waals surface area (Å²) in [6.07, 6.45) is -0.774. The fourth-order valence-electron chi connectivity index (χ4n) is 4.42. The lowest BCUT2D eigenvalue weighted by molar-refractivity contribution is -0.138. The molecule has 2 aromatic carbocycles. The van der Waals surface area contributed by atoms with Crippen molar-refractivity contribution >= 4 is 17.7 Å².